The second-order valence-electron chi connectivity index (χ2n) is 5.49. The van der Waals surface area contributed by atoms with Crippen molar-refractivity contribution < 1.29 is 4.74 Å². The van der Waals surface area contributed by atoms with Crippen LogP contribution < -0.4 is 4.74 Å². The standard InChI is InChI=1S/C16H23N3OS/c1-12(2)19-11-17-18-16(19)21-7-5-6-20-15-9-13(3)8-14(4)10-15/h8-12H,5-7H2,1-4H3. The molecule has 0 atom stereocenters. The third kappa shape index (κ3) is 4.77. The smallest absolute Gasteiger partial charge is 0.191 e. The molecule has 21 heavy (non-hydrogen) atoms. The first-order chi connectivity index (χ1) is 10.1. The maximum absolute atomic E-state index is 5.81. The molecule has 5 heteroatoms. The van der Waals surface area contributed by atoms with Gasteiger partial charge in [0.25, 0.3) is 0 Å². The van der Waals surface area contributed by atoms with Gasteiger partial charge in [-0.1, -0.05) is 17.8 Å². The van der Waals surface area contributed by atoms with E-state index in [0.29, 0.717) is 6.04 Å². The summed E-state index contributed by atoms with van der Waals surface area (Å²) in [6, 6.07) is 6.71. The Balaban J connectivity index is 1.74. The highest BCUT2D eigenvalue weighted by molar-refractivity contribution is 7.99. The van der Waals surface area contributed by atoms with Crippen LogP contribution in [0, 0.1) is 13.8 Å². The van der Waals surface area contributed by atoms with Crippen molar-refractivity contribution >= 4 is 11.8 Å². The highest BCUT2D eigenvalue weighted by Crippen LogP contribution is 2.20. The molecule has 0 N–H and O–H groups in total. The molecule has 0 unspecified atom stereocenters. The van der Waals surface area contributed by atoms with E-state index in [0.717, 1.165) is 29.7 Å². The van der Waals surface area contributed by atoms with Crippen LogP contribution in [0.25, 0.3) is 0 Å². The van der Waals surface area contributed by atoms with Crippen LogP contribution in [-0.2, 0) is 0 Å². The minimum Gasteiger partial charge on any atom is -0.494 e. The molecule has 0 saturated carbocycles. The Morgan fingerprint density at radius 1 is 1.19 bits per heavy atom. The third-order valence-electron chi connectivity index (χ3n) is 3.08. The zero-order chi connectivity index (χ0) is 15.2. The molecule has 0 fully saturated rings. The molecule has 0 saturated heterocycles. The molecule has 0 bridgehead atoms. The molecule has 0 radical (unpaired) electrons. The van der Waals surface area contributed by atoms with Gasteiger partial charge in [-0.15, -0.1) is 10.2 Å². The van der Waals surface area contributed by atoms with Gasteiger partial charge in [-0.25, -0.2) is 0 Å². The van der Waals surface area contributed by atoms with E-state index in [1.807, 2.05) is 0 Å². The lowest BCUT2D eigenvalue weighted by atomic mass is 10.1. The summed E-state index contributed by atoms with van der Waals surface area (Å²) in [5.74, 6) is 1.94. The van der Waals surface area contributed by atoms with E-state index in [1.165, 1.54) is 11.1 Å². The normalized spacial score (nSPS) is 11.1. The molecule has 2 rings (SSSR count). The molecule has 2 aromatic rings. The van der Waals surface area contributed by atoms with Gasteiger partial charge in [0, 0.05) is 11.8 Å². The minimum atomic E-state index is 0.397. The summed E-state index contributed by atoms with van der Waals surface area (Å²) < 4.78 is 7.90. The van der Waals surface area contributed by atoms with E-state index in [4.69, 9.17) is 4.74 Å². The van der Waals surface area contributed by atoms with Crippen LogP contribution in [0.1, 0.15) is 37.4 Å². The van der Waals surface area contributed by atoms with Gasteiger partial charge in [-0.3, -0.25) is 0 Å². The molecular formula is C16H23N3OS. The summed E-state index contributed by atoms with van der Waals surface area (Å²) in [5.41, 5.74) is 2.48. The fraction of sp³-hybridized carbons (Fsp3) is 0.500. The van der Waals surface area contributed by atoms with E-state index in [-0.39, 0.29) is 0 Å². The number of nitrogens with zero attached hydrogens (tertiary/aromatic N) is 3. The fourth-order valence-electron chi connectivity index (χ4n) is 2.12. The van der Waals surface area contributed by atoms with Crippen molar-refractivity contribution in [3.63, 3.8) is 0 Å². The predicted molar refractivity (Wildman–Crippen MR) is 87.2 cm³/mol. The molecule has 1 aromatic carbocycles. The first kappa shape index (κ1) is 15.9. The van der Waals surface area contributed by atoms with Crippen LogP contribution >= 0.6 is 11.8 Å². The Hall–Kier alpha value is -1.49. The summed E-state index contributed by atoms with van der Waals surface area (Å²) in [5, 5.41) is 9.10. The Kier molecular flexibility index (Phi) is 5.67. The largest absolute Gasteiger partial charge is 0.494 e. The number of aromatic nitrogens is 3. The Morgan fingerprint density at radius 2 is 1.90 bits per heavy atom. The Labute approximate surface area is 130 Å². The number of thioether (sulfide) groups is 1. The maximum atomic E-state index is 5.81. The predicted octanol–water partition coefficient (Wildman–Crippen LogP) is 4.04. The van der Waals surface area contributed by atoms with Crippen LogP contribution in [0.5, 0.6) is 5.75 Å². The van der Waals surface area contributed by atoms with Crippen molar-refractivity contribution in [3.8, 4) is 5.75 Å². The zero-order valence-corrected chi connectivity index (χ0v) is 14.0. The summed E-state index contributed by atoms with van der Waals surface area (Å²) in [7, 11) is 0. The molecule has 0 spiro atoms. The Morgan fingerprint density at radius 3 is 2.57 bits per heavy atom. The molecule has 1 aromatic heterocycles. The lowest BCUT2D eigenvalue weighted by Crippen LogP contribution is -2.03. The molecule has 1 heterocycles. The van der Waals surface area contributed by atoms with Crippen LogP contribution in [0.15, 0.2) is 29.7 Å². The van der Waals surface area contributed by atoms with Gasteiger partial charge >= 0.3 is 0 Å². The van der Waals surface area contributed by atoms with Gasteiger partial charge in [-0.2, -0.15) is 0 Å². The van der Waals surface area contributed by atoms with Crippen LogP contribution in [-0.4, -0.2) is 27.1 Å². The van der Waals surface area contributed by atoms with E-state index in [2.05, 4.69) is 60.7 Å². The van der Waals surface area contributed by atoms with E-state index < -0.39 is 0 Å². The first-order valence-corrected chi connectivity index (χ1v) is 8.28. The van der Waals surface area contributed by atoms with Crippen molar-refractivity contribution in [2.75, 3.05) is 12.4 Å². The average Bonchev–Trinajstić information content (AvgIpc) is 2.85. The lowest BCUT2D eigenvalue weighted by Gasteiger charge is -2.10. The van der Waals surface area contributed by atoms with Crippen molar-refractivity contribution in [3.05, 3.63) is 35.7 Å². The number of ether oxygens (including phenoxy) is 1. The SMILES string of the molecule is Cc1cc(C)cc(OCCCSc2nncn2C(C)C)c1. The fourth-order valence-corrected chi connectivity index (χ4v) is 3.07. The summed E-state index contributed by atoms with van der Waals surface area (Å²) in [6.45, 7) is 9.18. The molecular weight excluding hydrogens is 282 g/mol. The maximum Gasteiger partial charge on any atom is 0.191 e. The first-order valence-electron chi connectivity index (χ1n) is 7.29. The van der Waals surface area contributed by atoms with Gasteiger partial charge in [-0.05, 0) is 57.4 Å². The zero-order valence-electron chi connectivity index (χ0n) is 13.2. The van der Waals surface area contributed by atoms with Crippen molar-refractivity contribution in [2.24, 2.45) is 0 Å². The highest BCUT2D eigenvalue weighted by Gasteiger charge is 2.07. The number of hydrogen-bond acceptors (Lipinski definition) is 4. The topological polar surface area (TPSA) is 39.9 Å². The van der Waals surface area contributed by atoms with Gasteiger partial charge in [0.05, 0.1) is 6.61 Å². The van der Waals surface area contributed by atoms with Gasteiger partial charge in [0.15, 0.2) is 5.16 Å². The Bertz CT molecular complexity index is 560. The van der Waals surface area contributed by atoms with E-state index in [1.54, 1.807) is 18.1 Å². The monoisotopic (exact) mass is 305 g/mol. The lowest BCUT2D eigenvalue weighted by molar-refractivity contribution is 0.318. The van der Waals surface area contributed by atoms with Crippen LogP contribution in [0.4, 0.5) is 0 Å². The van der Waals surface area contributed by atoms with Crippen molar-refractivity contribution in [1.29, 1.82) is 0 Å². The second-order valence-corrected chi connectivity index (χ2v) is 6.55. The minimum absolute atomic E-state index is 0.397. The van der Waals surface area contributed by atoms with Gasteiger partial charge in [0.2, 0.25) is 0 Å². The number of rotatable bonds is 7. The van der Waals surface area contributed by atoms with Crippen molar-refractivity contribution in [2.45, 2.75) is 45.3 Å². The molecule has 4 nitrogen and oxygen atoms in total. The number of benzene rings is 1. The summed E-state index contributed by atoms with van der Waals surface area (Å²) in [4.78, 5) is 0. The molecule has 0 aliphatic carbocycles. The van der Waals surface area contributed by atoms with Gasteiger partial charge < -0.3 is 9.30 Å². The average molecular weight is 305 g/mol. The molecule has 0 amide bonds. The molecule has 0 aliphatic heterocycles. The third-order valence-corrected chi connectivity index (χ3v) is 4.12. The molecule has 114 valence electrons. The number of aryl methyl sites for hydroxylation is 2. The number of hydrogen-bond donors (Lipinski definition) is 0. The quantitative estimate of drug-likeness (QED) is 0.572. The van der Waals surface area contributed by atoms with Gasteiger partial charge in [0.1, 0.15) is 12.1 Å². The molecule has 0 aliphatic rings. The van der Waals surface area contributed by atoms with Crippen LogP contribution in [0.2, 0.25) is 0 Å². The highest BCUT2D eigenvalue weighted by atomic mass is 32.2. The van der Waals surface area contributed by atoms with E-state index >= 15 is 0 Å². The summed E-state index contributed by atoms with van der Waals surface area (Å²) >= 11 is 1.73. The summed E-state index contributed by atoms with van der Waals surface area (Å²) in [6.07, 6.45) is 2.78. The van der Waals surface area contributed by atoms with Crippen molar-refractivity contribution in [1.82, 2.24) is 14.8 Å². The van der Waals surface area contributed by atoms with E-state index in [9.17, 15) is 0 Å². The second kappa shape index (κ2) is 7.50. The van der Waals surface area contributed by atoms with Crippen LogP contribution in [0.3, 0.4) is 0 Å².